The van der Waals surface area contributed by atoms with Crippen LogP contribution in [-0.2, 0) is 18.5 Å². The molecule has 0 unspecified atom stereocenters. The number of nitrogens with zero attached hydrogens (tertiary/aromatic N) is 5. The van der Waals surface area contributed by atoms with E-state index in [9.17, 15) is 9.18 Å². The van der Waals surface area contributed by atoms with E-state index in [4.69, 9.17) is 9.57 Å². The molecule has 9 heteroatoms. The van der Waals surface area contributed by atoms with E-state index in [2.05, 4.69) is 15.6 Å². The van der Waals surface area contributed by atoms with E-state index in [0.29, 0.717) is 22.5 Å². The van der Waals surface area contributed by atoms with Crippen molar-refractivity contribution in [3.05, 3.63) is 69.4 Å². The second kappa shape index (κ2) is 8.03. The Morgan fingerprint density at radius 3 is 2.68 bits per heavy atom. The summed E-state index contributed by atoms with van der Waals surface area (Å²) < 4.78 is 22.5. The van der Waals surface area contributed by atoms with E-state index in [1.165, 1.54) is 31.0 Å². The number of aromatic nitrogens is 4. The minimum atomic E-state index is -0.519. The Morgan fingerprint density at radius 1 is 1.25 bits per heavy atom. The summed E-state index contributed by atoms with van der Waals surface area (Å²) in [7, 11) is 2.95. The largest absolute Gasteiger partial charge is 0.486 e. The van der Waals surface area contributed by atoms with Crippen molar-refractivity contribution in [1.82, 2.24) is 19.8 Å². The fourth-order valence-corrected chi connectivity index (χ4v) is 2.72. The number of hydrogen-bond acceptors (Lipinski definition) is 6. The van der Waals surface area contributed by atoms with Crippen LogP contribution in [0.1, 0.15) is 23.6 Å². The smallest absolute Gasteiger partial charge is 0.368 e. The van der Waals surface area contributed by atoms with Gasteiger partial charge in [-0.1, -0.05) is 17.3 Å². The maximum Gasteiger partial charge on any atom is 0.368 e. The molecule has 3 aromatic rings. The van der Waals surface area contributed by atoms with Gasteiger partial charge in [0.2, 0.25) is 0 Å². The molecular weight excluding hydrogens is 365 g/mol. The molecule has 0 bridgehead atoms. The number of tetrazole rings is 1. The van der Waals surface area contributed by atoms with Crippen LogP contribution in [0.2, 0.25) is 0 Å². The molecule has 3 rings (SSSR count). The molecule has 0 spiro atoms. The number of ether oxygens (including phenoxy) is 1. The summed E-state index contributed by atoms with van der Waals surface area (Å²) in [5, 5.41) is 11.4. The summed E-state index contributed by atoms with van der Waals surface area (Å²) >= 11 is 0. The van der Waals surface area contributed by atoms with Crippen LogP contribution in [0.25, 0.3) is 5.69 Å². The Labute approximate surface area is 160 Å². The van der Waals surface area contributed by atoms with Crippen LogP contribution < -0.4 is 10.4 Å². The Morgan fingerprint density at radius 2 is 2.04 bits per heavy atom. The van der Waals surface area contributed by atoms with Gasteiger partial charge in [0.05, 0.1) is 11.4 Å². The highest BCUT2D eigenvalue weighted by Crippen LogP contribution is 2.23. The summed E-state index contributed by atoms with van der Waals surface area (Å²) in [6.45, 7) is 3.66. The lowest BCUT2D eigenvalue weighted by Crippen LogP contribution is -2.23. The summed E-state index contributed by atoms with van der Waals surface area (Å²) in [6, 6.07) is 10.00. The lowest BCUT2D eigenvalue weighted by atomic mass is 10.1. The van der Waals surface area contributed by atoms with Gasteiger partial charge in [-0.3, -0.25) is 0 Å². The lowest BCUT2D eigenvalue weighted by molar-refractivity contribution is 0.213. The van der Waals surface area contributed by atoms with Crippen molar-refractivity contribution in [3.8, 4) is 11.4 Å². The minimum Gasteiger partial charge on any atom is -0.486 e. The van der Waals surface area contributed by atoms with E-state index < -0.39 is 5.82 Å². The van der Waals surface area contributed by atoms with E-state index in [0.717, 1.165) is 10.2 Å². The van der Waals surface area contributed by atoms with Gasteiger partial charge in [-0.2, -0.15) is 9.36 Å². The van der Waals surface area contributed by atoms with Crippen molar-refractivity contribution in [3.63, 3.8) is 0 Å². The van der Waals surface area contributed by atoms with E-state index in [1.807, 2.05) is 19.1 Å². The SMILES string of the molecule is CON=C(C)c1ccc(OCc2c(C)cccc2-n2nnn(C)c2=O)c(F)c1. The molecule has 0 N–H and O–H groups in total. The van der Waals surface area contributed by atoms with E-state index in [-0.39, 0.29) is 18.0 Å². The zero-order valence-electron chi connectivity index (χ0n) is 16.0. The first kappa shape index (κ1) is 19.3. The summed E-state index contributed by atoms with van der Waals surface area (Å²) in [6.07, 6.45) is 0. The highest BCUT2D eigenvalue weighted by molar-refractivity contribution is 5.98. The van der Waals surface area contributed by atoms with Gasteiger partial charge in [0.25, 0.3) is 0 Å². The number of aryl methyl sites for hydroxylation is 2. The normalized spacial score (nSPS) is 11.5. The monoisotopic (exact) mass is 385 g/mol. The van der Waals surface area contributed by atoms with Crippen LogP contribution in [0.3, 0.4) is 0 Å². The van der Waals surface area contributed by atoms with Gasteiger partial charge >= 0.3 is 5.69 Å². The number of oxime groups is 1. The molecular formula is C19H20FN5O3. The molecule has 1 heterocycles. The average molecular weight is 385 g/mol. The second-order valence-corrected chi connectivity index (χ2v) is 6.16. The van der Waals surface area contributed by atoms with Gasteiger partial charge in [0.1, 0.15) is 13.7 Å². The van der Waals surface area contributed by atoms with Crippen LogP contribution in [0.5, 0.6) is 5.75 Å². The van der Waals surface area contributed by atoms with Gasteiger partial charge < -0.3 is 9.57 Å². The number of hydrogen-bond donors (Lipinski definition) is 0. The van der Waals surface area contributed by atoms with Crippen molar-refractivity contribution in [2.45, 2.75) is 20.5 Å². The van der Waals surface area contributed by atoms with Crippen molar-refractivity contribution >= 4 is 5.71 Å². The molecule has 2 aromatic carbocycles. The number of benzene rings is 2. The van der Waals surface area contributed by atoms with Crippen LogP contribution in [0.4, 0.5) is 4.39 Å². The second-order valence-electron chi connectivity index (χ2n) is 6.16. The molecule has 0 amide bonds. The van der Waals surface area contributed by atoms with E-state index >= 15 is 0 Å². The first-order chi connectivity index (χ1) is 13.4. The lowest BCUT2D eigenvalue weighted by Gasteiger charge is -2.13. The fraction of sp³-hybridized carbons (Fsp3) is 0.263. The van der Waals surface area contributed by atoms with Gasteiger partial charge in [0, 0.05) is 18.2 Å². The molecule has 0 saturated carbocycles. The zero-order chi connectivity index (χ0) is 20.3. The molecule has 28 heavy (non-hydrogen) atoms. The summed E-state index contributed by atoms with van der Waals surface area (Å²) in [4.78, 5) is 16.9. The van der Waals surface area contributed by atoms with Crippen molar-refractivity contribution in [1.29, 1.82) is 0 Å². The van der Waals surface area contributed by atoms with Gasteiger partial charge in [-0.15, -0.1) is 0 Å². The molecule has 146 valence electrons. The van der Waals surface area contributed by atoms with Crippen LogP contribution in [-0.4, -0.2) is 32.6 Å². The fourth-order valence-electron chi connectivity index (χ4n) is 2.72. The maximum absolute atomic E-state index is 14.4. The topological polar surface area (TPSA) is 83.5 Å². The predicted octanol–water partition coefficient (Wildman–Crippen LogP) is 2.36. The van der Waals surface area contributed by atoms with E-state index in [1.54, 1.807) is 19.1 Å². The van der Waals surface area contributed by atoms with Gasteiger partial charge in [-0.25, -0.2) is 9.18 Å². The van der Waals surface area contributed by atoms with Gasteiger partial charge in [-0.05, 0) is 54.1 Å². The molecule has 0 atom stereocenters. The molecule has 0 fully saturated rings. The zero-order valence-corrected chi connectivity index (χ0v) is 16.0. The molecule has 0 radical (unpaired) electrons. The van der Waals surface area contributed by atoms with Crippen molar-refractivity contribution < 1.29 is 14.0 Å². The third kappa shape index (κ3) is 3.78. The highest BCUT2D eigenvalue weighted by atomic mass is 19.1. The van der Waals surface area contributed by atoms with Crippen LogP contribution in [0, 0.1) is 12.7 Å². The first-order valence-electron chi connectivity index (χ1n) is 8.50. The maximum atomic E-state index is 14.4. The molecule has 8 nitrogen and oxygen atoms in total. The Bertz CT molecular complexity index is 1090. The Hall–Kier alpha value is -3.49. The molecule has 0 aliphatic heterocycles. The predicted molar refractivity (Wildman–Crippen MR) is 101 cm³/mol. The van der Waals surface area contributed by atoms with Crippen LogP contribution >= 0.6 is 0 Å². The van der Waals surface area contributed by atoms with Crippen molar-refractivity contribution in [2.75, 3.05) is 7.11 Å². The third-order valence-electron chi connectivity index (χ3n) is 4.29. The average Bonchev–Trinajstić information content (AvgIpc) is 3.00. The number of rotatable bonds is 6. The Kier molecular flexibility index (Phi) is 5.53. The minimum absolute atomic E-state index is 0.0619. The quantitative estimate of drug-likeness (QED) is 0.480. The first-order valence-corrected chi connectivity index (χ1v) is 8.50. The molecule has 0 saturated heterocycles. The van der Waals surface area contributed by atoms with Crippen LogP contribution in [0.15, 0.2) is 46.3 Å². The summed E-state index contributed by atoms with van der Waals surface area (Å²) in [5.74, 6) is -0.426. The summed E-state index contributed by atoms with van der Waals surface area (Å²) in [5.41, 5.74) is 2.90. The third-order valence-corrected chi connectivity index (χ3v) is 4.29. The standard InChI is InChI=1S/C19H20FN5O3/c1-12-6-5-7-17(25-19(26)24(3)22-23-25)15(12)11-28-18-9-8-14(10-16(18)20)13(2)21-27-4/h5-10H,11H2,1-4H3. The highest BCUT2D eigenvalue weighted by Gasteiger charge is 2.15. The molecule has 0 aliphatic rings. The molecule has 0 aliphatic carbocycles. The Balaban J connectivity index is 1.89. The van der Waals surface area contributed by atoms with Crippen molar-refractivity contribution in [2.24, 2.45) is 12.2 Å². The van der Waals surface area contributed by atoms with Gasteiger partial charge in [0.15, 0.2) is 11.6 Å². The number of halogens is 1. The molecule has 1 aromatic heterocycles.